The Morgan fingerprint density at radius 3 is 1.96 bits per heavy atom. The number of hydrogen-bond acceptors (Lipinski definition) is 4. The van der Waals surface area contributed by atoms with E-state index in [1.807, 2.05) is 51.1 Å². The molecule has 0 heterocycles. The van der Waals surface area contributed by atoms with Crippen LogP contribution in [0.15, 0.2) is 55.6 Å². The average Bonchev–Trinajstić information content (AvgIpc) is 2.55. The Hall–Kier alpha value is -2.14. The van der Waals surface area contributed by atoms with Gasteiger partial charge in [0, 0.05) is 23.2 Å². The van der Waals surface area contributed by atoms with Crippen LogP contribution in [0.1, 0.15) is 32.8 Å². The van der Waals surface area contributed by atoms with E-state index in [4.69, 9.17) is 8.85 Å². The molecule has 1 rings (SSSR count). The third-order valence-electron chi connectivity index (χ3n) is 4.06. The Labute approximate surface area is 139 Å². The standard InChI is InChI=1S/C18H24O4Si/c1-6-16(19)21-23(18(4,5)8-3,22-17(20)7-2)14-15-12-10-9-11-13-15/h6-7,9-13H,1-2,8,14H2,3-5H3. The van der Waals surface area contributed by atoms with Crippen molar-refractivity contribution in [3.05, 3.63) is 61.2 Å². The first-order valence-electron chi connectivity index (χ1n) is 7.55. The quantitative estimate of drug-likeness (QED) is 0.536. The van der Waals surface area contributed by atoms with Gasteiger partial charge in [0.1, 0.15) is 0 Å². The van der Waals surface area contributed by atoms with E-state index in [1.165, 1.54) is 0 Å². The summed E-state index contributed by atoms with van der Waals surface area (Å²) >= 11 is 0. The molecule has 0 aromatic heterocycles. The summed E-state index contributed by atoms with van der Waals surface area (Å²) in [7, 11) is -3.27. The van der Waals surface area contributed by atoms with Gasteiger partial charge in [-0.05, 0) is 12.0 Å². The minimum atomic E-state index is -3.27. The van der Waals surface area contributed by atoms with Crippen molar-refractivity contribution in [2.75, 3.05) is 0 Å². The van der Waals surface area contributed by atoms with Gasteiger partial charge in [-0.25, -0.2) is 9.59 Å². The van der Waals surface area contributed by atoms with Crippen molar-refractivity contribution >= 4 is 20.5 Å². The van der Waals surface area contributed by atoms with Crippen LogP contribution in [-0.4, -0.2) is 20.5 Å². The van der Waals surface area contributed by atoms with E-state index < -0.39 is 25.5 Å². The van der Waals surface area contributed by atoms with Gasteiger partial charge in [-0.15, -0.1) is 0 Å². The largest absolute Gasteiger partial charge is 0.481 e. The second-order valence-electron chi connectivity index (χ2n) is 5.90. The normalized spacial score (nSPS) is 11.4. The van der Waals surface area contributed by atoms with Crippen LogP contribution in [-0.2, 0) is 24.5 Å². The molecule has 0 amide bonds. The highest BCUT2D eigenvalue weighted by Gasteiger charge is 2.56. The van der Waals surface area contributed by atoms with Gasteiger partial charge < -0.3 is 8.85 Å². The van der Waals surface area contributed by atoms with Crippen LogP contribution in [0.2, 0.25) is 5.04 Å². The summed E-state index contributed by atoms with van der Waals surface area (Å²) in [6.45, 7) is 12.8. The van der Waals surface area contributed by atoms with Crippen molar-refractivity contribution in [1.29, 1.82) is 0 Å². The molecule has 0 unspecified atom stereocenters. The molecule has 0 N–H and O–H groups in total. The molecule has 0 saturated carbocycles. The molecule has 0 saturated heterocycles. The lowest BCUT2D eigenvalue weighted by Crippen LogP contribution is -2.55. The van der Waals surface area contributed by atoms with E-state index in [1.54, 1.807) is 0 Å². The van der Waals surface area contributed by atoms with E-state index in [-0.39, 0.29) is 0 Å². The summed E-state index contributed by atoms with van der Waals surface area (Å²) in [5.74, 6) is -1.16. The molecule has 0 aliphatic carbocycles. The van der Waals surface area contributed by atoms with E-state index >= 15 is 0 Å². The maximum Gasteiger partial charge on any atom is 0.475 e. The van der Waals surface area contributed by atoms with E-state index in [2.05, 4.69) is 13.2 Å². The lowest BCUT2D eigenvalue weighted by Gasteiger charge is -2.40. The van der Waals surface area contributed by atoms with Crippen molar-refractivity contribution in [3.8, 4) is 0 Å². The van der Waals surface area contributed by atoms with Gasteiger partial charge in [0.25, 0.3) is 0 Å². The fraction of sp³-hybridized carbons (Fsp3) is 0.333. The molecule has 0 spiro atoms. The van der Waals surface area contributed by atoms with Crippen molar-refractivity contribution < 1.29 is 18.4 Å². The molecule has 0 aliphatic heterocycles. The van der Waals surface area contributed by atoms with Gasteiger partial charge >= 0.3 is 20.5 Å². The average molecular weight is 332 g/mol. The highest BCUT2D eigenvalue weighted by Crippen LogP contribution is 2.43. The van der Waals surface area contributed by atoms with E-state index in [9.17, 15) is 9.59 Å². The molecule has 1 aromatic carbocycles. The fourth-order valence-corrected chi connectivity index (χ4v) is 5.50. The smallest absolute Gasteiger partial charge is 0.475 e. The van der Waals surface area contributed by atoms with Gasteiger partial charge in [0.2, 0.25) is 0 Å². The molecule has 0 aliphatic rings. The zero-order valence-corrected chi connectivity index (χ0v) is 15.0. The molecule has 4 nitrogen and oxygen atoms in total. The van der Waals surface area contributed by atoms with Crippen molar-refractivity contribution in [1.82, 2.24) is 0 Å². The number of rotatable bonds is 8. The Kier molecular flexibility index (Phi) is 6.51. The SMILES string of the molecule is C=CC(=O)O[Si](Cc1ccccc1)(OC(=O)C=C)C(C)(C)CC. The number of carbonyl (C=O) groups excluding carboxylic acids is 2. The zero-order valence-electron chi connectivity index (χ0n) is 14.0. The molecule has 5 heteroatoms. The number of hydrogen-bond donors (Lipinski definition) is 0. The number of carbonyl (C=O) groups is 2. The Morgan fingerprint density at radius 2 is 1.57 bits per heavy atom. The second kappa shape index (κ2) is 7.92. The van der Waals surface area contributed by atoms with Crippen LogP contribution in [0.3, 0.4) is 0 Å². The van der Waals surface area contributed by atoms with Crippen LogP contribution in [0.5, 0.6) is 0 Å². The van der Waals surface area contributed by atoms with Crippen molar-refractivity contribution in [2.45, 2.75) is 38.3 Å². The van der Waals surface area contributed by atoms with Crippen LogP contribution >= 0.6 is 0 Å². The maximum atomic E-state index is 11.9. The number of benzene rings is 1. The molecule has 0 atom stereocenters. The summed E-state index contributed by atoms with van der Waals surface area (Å²) in [6.07, 6.45) is 2.89. The van der Waals surface area contributed by atoms with E-state index in [0.717, 1.165) is 17.7 Å². The lowest BCUT2D eigenvalue weighted by molar-refractivity contribution is -0.136. The first kappa shape index (κ1) is 18.9. The van der Waals surface area contributed by atoms with Gasteiger partial charge in [0.05, 0.1) is 0 Å². The van der Waals surface area contributed by atoms with Gasteiger partial charge in [0.15, 0.2) is 0 Å². The zero-order chi connectivity index (χ0) is 17.5. The molecular formula is C18H24O4Si. The molecule has 124 valence electrons. The monoisotopic (exact) mass is 332 g/mol. The predicted octanol–water partition coefficient (Wildman–Crippen LogP) is 3.86. The Balaban J connectivity index is 3.37. The van der Waals surface area contributed by atoms with Crippen molar-refractivity contribution in [3.63, 3.8) is 0 Å². The highest BCUT2D eigenvalue weighted by molar-refractivity contribution is 6.73. The van der Waals surface area contributed by atoms with Gasteiger partial charge in [-0.1, -0.05) is 64.3 Å². The predicted molar refractivity (Wildman–Crippen MR) is 92.8 cm³/mol. The summed E-state index contributed by atoms with van der Waals surface area (Å²) in [6, 6.07) is 9.95. The van der Waals surface area contributed by atoms with E-state index in [0.29, 0.717) is 12.5 Å². The Morgan fingerprint density at radius 1 is 1.09 bits per heavy atom. The Bertz CT molecular complexity index is 556. The molecule has 0 radical (unpaired) electrons. The second-order valence-corrected chi connectivity index (χ2v) is 9.52. The van der Waals surface area contributed by atoms with Crippen molar-refractivity contribution in [2.24, 2.45) is 0 Å². The summed E-state index contributed by atoms with van der Waals surface area (Å²) in [5, 5.41) is -0.472. The maximum absolute atomic E-state index is 11.9. The fourth-order valence-electron chi connectivity index (χ4n) is 2.15. The minimum Gasteiger partial charge on any atom is -0.481 e. The topological polar surface area (TPSA) is 52.6 Å². The third-order valence-corrected chi connectivity index (χ3v) is 8.41. The lowest BCUT2D eigenvalue weighted by atomic mass is 10.1. The summed E-state index contributed by atoms with van der Waals surface area (Å²) in [4.78, 5) is 23.9. The summed E-state index contributed by atoms with van der Waals surface area (Å²) < 4.78 is 11.4. The minimum absolute atomic E-state index is 0.383. The first-order valence-corrected chi connectivity index (χ1v) is 9.57. The van der Waals surface area contributed by atoms with Crippen LogP contribution in [0.25, 0.3) is 0 Å². The van der Waals surface area contributed by atoms with Crippen LogP contribution < -0.4 is 0 Å². The third kappa shape index (κ3) is 4.66. The molecular weight excluding hydrogens is 308 g/mol. The van der Waals surface area contributed by atoms with Gasteiger partial charge in [-0.2, -0.15) is 0 Å². The molecule has 0 bridgehead atoms. The van der Waals surface area contributed by atoms with Crippen LogP contribution in [0.4, 0.5) is 0 Å². The summed E-state index contributed by atoms with van der Waals surface area (Å²) in [5.41, 5.74) is 0.953. The van der Waals surface area contributed by atoms with Gasteiger partial charge in [-0.3, -0.25) is 0 Å². The molecule has 23 heavy (non-hydrogen) atoms. The highest BCUT2D eigenvalue weighted by atomic mass is 28.4. The molecule has 1 aromatic rings. The van der Waals surface area contributed by atoms with Crippen LogP contribution in [0, 0.1) is 0 Å². The first-order chi connectivity index (χ1) is 10.8. The molecule has 0 fully saturated rings.